The Kier molecular flexibility index (Phi) is 8.08. The molecule has 0 saturated carbocycles. The van der Waals surface area contributed by atoms with Crippen molar-refractivity contribution in [1.82, 2.24) is 49.0 Å². The van der Waals surface area contributed by atoms with Crippen LogP contribution in [0.2, 0.25) is 0 Å². The second kappa shape index (κ2) is 11.5. The molecule has 6 aromatic rings. The van der Waals surface area contributed by atoms with Gasteiger partial charge in [0.05, 0.1) is 11.6 Å². The molecule has 0 fully saturated rings. The fourth-order valence-electron chi connectivity index (χ4n) is 4.94. The van der Waals surface area contributed by atoms with Crippen molar-refractivity contribution in [3.8, 4) is 17.7 Å². The molecule has 0 unspecified atom stereocenters. The van der Waals surface area contributed by atoms with Crippen LogP contribution < -0.4 is 0 Å². The molecule has 0 N–H and O–H groups in total. The summed E-state index contributed by atoms with van der Waals surface area (Å²) in [6.07, 6.45) is 8.65. The van der Waals surface area contributed by atoms with E-state index in [-0.39, 0.29) is 43.4 Å². The van der Waals surface area contributed by atoms with Crippen molar-refractivity contribution in [3.05, 3.63) is 89.2 Å². The van der Waals surface area contributed by atoms with Crippen LogP contribution in [0.1, 0.15) is 83.6 Å². The van der Waals surface area contributed by atoms with Crippen LogP contribution in [0.3, 0.4) is 0 Å². The van der Waals surface area contributed by atoms with Crippen molar-refractivity contribution in [1.29, 1.82) is 5.26 Å². The second-order valence-corrected chi connectivity index (χ2v) is 13.4. The van der Waals surface area contributed by atoms with E-state index in [1.54, 1.807) is 9.13 Å². The average Bonchev–Trinajstić information content (AvgIpc) is 3.64. The Morgan fingerprint density at radius 1 is 0.717 bits per heavy atom. The molecule has 12 nitrogen and oxygen atoms in total. The van der Waals surface area contributed by atoms with Gasteiger partial charge in [-0.1, -0.05) is 60.2 Å². The van der Waals surface area contributed by atoms with Crippen LogP contribution in [0, 0.1) is 30.6 Å². The number of nitrogens with zero attached hydrogens (tertiary/aromatic N) is 12. The van der Waals surface area contributed by atoms with E-state index in [4.69, 9.17) is 16.5 Å². The third-order valence-electron chi connectivity index (χ3n) is 7.84. The molecule has 0 bridgehead atoms. The molecule has 0 radical (unpaired) electrons. The Bertz CT molecular complexity index is 2050. The molecule has 0 aromatic carbocycles. The summed E-state index contributed by atoms with van der Waals surface area (Å²) in [5.41, 5.74) is 4.32. The number of rotatable bonds is 4. The zero-order valence-electron chi connectivity index (χ0n) is 26.6. The average molecular weight is 790 g/mol. The molecular weight excluding hydrogens is 760 g/mol. The normalized spacial score (nSPS) is 12.1. The Hall–Kier alpha value is -4.93. The zero-order valence-corrected chi connectivity index (χ0v) is 28.9. The molecule has 0 amide bonds. The van der Waals surface area contributed by atoms with Gasteiger partial charge in [0.1, 0.15) is 18.1 Å². The largest absolute Gasteiger partial charge is 2.00 e. The first-order valence-electron chi connectivity index (χ1n) is 14.3. The molecule has 232 valence electrons. The Labute approximate surface area is 281 Å². The standard InChI is InChI=1S/C33H30N12.Pt/c1-31(2,3)19-10-22(42-24(12-19)44-17-40-26-21(14-34)36-15-38-29(26)44)33(7,8)23-11-20(32(4,5)6)13-25(43-23)45-18-41-27-28(35-9)37-16-39-30(27)45;/h10-13,15-16H,1-8H3;/q-2;+2. The summed E-state index contributed by atoms with van der Waals surface area (Å²) in [5, 5.41) is 9.54. The van der Waals surface area contributed by atoms with E-state index in [0.717, 1.165) is 22.5 Å². The van der Waals surface area contributed by atoms with E-state index in [9.17, 15) is 5.26 Å². The van der Waals surface area contributed by atoms with Crippen LogP contribution in [-0.4, -0.2) is 49.0 Å². The fraction of sp³-hybridized carbons (Fsp3) is 0.333. The van der Waals surface area contributed by atoms with Crippen molar-refractivity contribution < 1.29 is 21.1 Å². The van der Waals surface area contributed by atoms with Crippen molar-refractivity contribution in [2.24, 2.45) is 0 Å². The molecule has 6 heterocycles. The van der Waals surface area contributed by atoms with Crippen LogP contribution in [0.5, 0.6) is 0 Å². The summed E-state index contributed by atoms with van der Waals surface area (Å²) in [7, 11) is 0. The van der Waals surface area contributed by atoms with Gasteiger partial charge in [-0.25, -0.2) is 4.98 Å². The Morgan fingerprint density at radius 3 is 1.67 bits per heavy atom. The van der Waals surface area contributed by atoms with E-state index >= 15 is 0 Å². The molecule has 0 saturated heterocycles. The fourth-order valence-corrected chi connectivity index (χ4v) is 4.94. The number of hydrogen-bond acceptors (Lipinski definition) is 9. The van der Waals surface area contributed by atoms with Gasteiger partial charge in [-0.05, 0) is 47.9 Å². The van der Waals surface area contributed by atoms with Gasteiger partial charge in [-0.3, -0.25) is 19.9 Å². The zero-order chi connectivity index (χ0) is 32.3. The SMILES string of the molecule is [C-]#[N+]c1ncnc2c1n[c-]n2-c1cc(C(C)(C)C)cc(C(C)(C)c2cc(C(C)(C)C)cc(-n3[c-]nc4c(C#N)ncnc43)n2)n1.[Pt+2]. The summed E-state index contributed by atoms with van der Waals surface area (Å²) in [6.45, 7) is 24.5. The van der Waals surface area contributed by atoms with E-state index in [1.807, 2.05) is 12.1 Å². The molecule has 0 atom stereocenters. The number of imidazole rings is 2. The molecule has 0 aliphatic rings. The first-order valence-corrected chi connectivity index (χ1v) is 14.3. The van der Waals surface area contributed by atoms with Crippen molar-refractivity contribution in [2.45, 2.75) is 71.6 Å². The Morgan fingerprint density at radius 2 is 1.20 bits per heavy atom. The number of hydrogen-bond donors (Lipinski definition) is 0. The van der Waals surface area contributed by atoms with Crippen LogP contribution in [0.4, 0.5) is 5.82 Å². The maximum atomic E-state index is 9.54. The van der Waals surface area contributed by atoms with Crippen LogP contribution in [-0.2, 0) is 37.3 Å². The third kappa shape index (κ3) is 5.54. The Balaban J connectivity index is 0.00000417. The summed E-state index contributed by atoms with van der Waals surface area (Å²) < 4.78 is 3.34. The number of nitriles is 1. The predicted octanol–water partition coefficient (Wildman–Crippen LogP) is 5.68. The molecule has 13 heteroatoms. The van der Waals surface area contributed by atoms with Gasteiger partial charge in [0.15, 0.2) is 6.33 Å². The van der Waals surface area contributed by atoms with Crippen molar-refractivity contribution >= 4 is 28.1 Å². The smallest absolute Gasteiger partial charge is 0.397 e. The summed E-state index contributed by atoms with van der Waals surface area (Å²) in [6, 6.07) is 10.3. The van der Waals surface area contributed by atoms with Gasteiger partial charge in [0.2, 0.25) is 5.82 Å². The molecule has 46 heavy (non-hydrogen) atoms. The monoisotopic (exact) mass is 789 g/mol. The predicted molar refractivity (Wildman–Crippen MR) is 167 cm³/mol. The van der Waals surface area contributed by atoms with E-state index < -0.39 is 5.41 Å². The minimum atomic E-state index is -0.692. The molecule has 6 aromatic heterocycles. The van der Waals surface area contributed by atoms with Gasteiger partial charge < -0.3 is 23.9 Å². The van der Waals surface area contributed by atoms with Crippen LogP contribution in [0.15, 0.2) is 36.9 Å². The second-order valence-electron chi connectivity index (χ2n) is 13.4. The topological polar surface area (TPSA) is 141 Å². The van der Waals surface area contributed by atoms with E-state index in [1.165, 1.54) is 12.7 Å². The molecular formula is C33H30N12Pt. The summed E-state index contributed by atoms with van der Waals surface area (Å²) in [5.74, 6) is 1.30. The first kappa shape index (κ1) is 32.5. The number of fused-ring (bicyclic) bond motifs is 2. The quantitative estimate of drug-likeness (QED) is 0.207. The summed E-state index contributed by atoms with van der Waals surface area (Å²) >= 11 is 0. The van der Waals surface area contributed by atoms with Gasteiger partial charge >= 0.3 is 21.1 Å². The molecule has 0 aliphatic heterocycles. The third-order valence-corrected chi connectivity index (χ3v) is 7.84. The first-order chi connectivity index (χ1) is 21.2. The number of pyridine rings is 2. The molecule has 0 spiro atoms. The molecule has 6 rings (SSSR count). The maximum absolute atomic E-state index is 9.54. The summed E-state index contributed by atoms with van der Waals surface area (Å²) in [4.78, 5) is 39.3. The van der Waals surface area contributed by atoms with Gasteiger partial charge in [-0.2, -0.15) is 5.26 Å². The minimum Gasteiger partial charge on any atom is -0.397 e. The van der Waals surface area contributed by atoms with E-state index in [2.05, 4.69) is 121 Å². The van der Waals surface area contributed by atoms with Gasteiger partial charge in [0, 0.05) is 51.8 Å². The minimum absolute atomic E-state index is 0. The van der Waals surface area contributed by atoms with Crippen LogP contribution in [0.25, 0.3) is 38.8 Å². The van der Waals surface area contributed by atoms with Crippen LogP contribution >= 0.6 is 0 Å². The van der Waals surface area contributed by atoms with E-state index in [0.29, 0.717) is 34.0 Å². The number of aromatic nitrogens is 10. The maximum Gasteiger partial charge on any atom is 2.00 e. The molecule has 0 aliphatic carbocycles. The van der Waals surface area contributed by atoms with Crippen molar-refractivity contribution in [2.75, 3.05) is 0 Å². The van der Waals surface area contributed by atoms with Crippen molar-refractivity contribution in [3.63, 3.8) is 0 Å². The van der Waals surface area contributed by atoms with Gasteiger partial charge in [-0.15, -0.1) is 4.98 Å². The van der Waals surface area contributed by atoms with Gasteiger partial charge in [0.25, 0.3) is 0 Å².